The highest BCUT2D eigenvalue weighted by molar-refractivity contribution is 5.85. The van der Waals surface area contributed by atoms with E-state index in [1.807, 2.05) is 55.4 Å². The third-order valence-corrected chi connectivity index (χ3v) is 2.95. The minimum absolute atomic E-state index is 0.0522. The van der Waals surface area contributed by atoms with Crippen molar-refractivity contribution in [3.8, 4) is 0 Å². The van der Waals surface area contributed by atoms with Crippen molar-refractivity contribution in [2.75, 3.05) is 19.8 Å². The van der Waals surface area contributed by atoms with Crippen LogP contribution in [0.4, 0.5) is 0 Å². The standard InChI is InChI=1S/C16H30O4/c1-14(2,3)12(17)9-19-11-16(7,8)20-10-13(18)15(4,5)6/h9-11H2,1-8H3. The van der Waals surface area contributed by atoms with Gasteiger partial charge in [0.2, 0.25) is 0 Å². The zero-order valence-corrected chi connectivity index (χ0v) is 14.3. The van der Waals surface area contributed by atoms with E-state index in [1.54, 1.807) is 0 Å². The van der Waals surface area contributed by atoms with E-state index in [2.05, 4.69) is 0 Å². The average Bonchev–Trinajstić information content (AvgIpc) is 2.22. The Labute approximate surface area is 123 Å². The topological polar surface area (TPSA) is 52.6 Å². The van der Waals surface area contributed by atoms with Crippen LogP contribution >= 0.6 is 0 Å². The molecule has 0 aliphatic rings. The maximum Gasteiger partial charge on any atom is 0.163 e. The lowest BCUT2D eigenvalue weighted by atomic mass is 9.91. The molecule has 0 fully saturated rings. The van der Waals surface area contributed by atoms with E-state index in [9.17, 15) is 9.59 Å². The molecule has 0 saturated heterocycles. The summed E-state index contributed by atoms with van der Waals surface area (Å²) in [6, 6.07) is 0. The first-order valence-electron chi connectivity index (χ1n) is 7.04. The molecule has 0 saturated carbocycles. The molecule has 4 nitrogen and oxygen atoms in total. The zero-order chi connectivity index (χ0) is 16.2. The van der Waals surface area contributed by atoms with Crippen LogP contribution in [0.3, 0.4) is 0 Å². The van der Waals surface area contributed by atoms with Gasteiger partial charge < -0.3 is 9.47 Å². The van der Waals surface area contributed by atoms with E-state index in [1.165, 1.54) is 0 Å². The lowest BCUT2D eigenvalue weighted by Crippen LogP contribution is -2.37. The van der Waals surface area contributed by atoms with Crippen LogP contribution in [0.25, 0.3) is 0 Å². The van der Waals surface area contributed by atoms with Crippen LogP contribution in [0.5, 0.6) is 0 Å². The monoisotopic (exact) mass is 286 g/mol. The SMILES string of the molecule is CC(C)(COCC(=O)C(C)(C)C)OCC(=O)C(C)(C)C. The molecule has 4 heteroatoms. The van der Waals surface area contributed by atoms with Crippen LogP contribution in [0.15, 0.2) is 0 Å². The quantitative estimate of drug-likeness (QED) is 0.722. The molecule has 0 aromatic carbocycles. The van der Waals surface area contributed by atoms with E-state index in [0.717, 1.165) is 0 Å². The van der Waals surface area contributed by atoms with Gasteiger partial charge >= 0.3 is 0 Å². The lowest BCUT2D eigenvalue weighted by Gasteiger charge is -2.27. The minimum atomic E-state index is -0.584. The van der Waals surface area contributed by atoms with Crippen molar-refractivity contribution in [3.05, 3.63) is 0 Å². The Morgan fingerprint density at radius 1 is 0.750 bits per heavy atom. The summed E-state index contributed by atoms with van der Waals surface area (Å²) in [5.74, 6) is 0.107. The smallest absolute Gasteiger partial charge is 0.163 e. The van der Waals surface area contributed by atoms with Gasteiger partial charge in [0.1, 0.15) is 13.2 Å². The van der Waals surface area contributed by atoms with Crippen molar-refractivity contribution >= 4 is 11.6 Å². The molecule has 20 heavy (non-hydrogen) atoms. The third kappa shape index (κ3) is 7.75. The van der Waals surface area contributed by atoms with Crippen molar-refractivity contribution in [1.82, 2.24) is 0 Å². The molecule has 0 rings (SSSR count). The summed E-state index contributed by atoms with van der Waals surface area (Å²) in [6.45, 7) is 15.3. The molecular weight excluding hydrogens is 256 g/mol. The molecule has 0 aromatic heterocycles. The van der Waals surface area contributed by atoms with Gasteiger partial charge in [-0.25, -0.2) is 0 Å². The van der Waals surface area contributed by atoms with Gasteiger partial charge in [0, 0.05) is 10.8 Å². The highest BCUT2D eigenvalue weighted by atomic mass is 16.5. The average molecular weight is 286 g/mol. The summed E-state index contributed by atoms with van der Waals surface area (Å²) in [7, 11) is 0. The minimum Gasteiger partial charge on any atom is -0.371 e. The predicted molar refractivity (Wildman–Crippen MR) is 79.8 cm³/mol. The molecule has 0 aliphatic carbocycles. The molecule has 0 heterocycles. The Morgan fingerprint density at radius 2 is 1.15 bits per heavy atom. The number of ketones is 2. The lowest BCUT2D eigenvalue weighted by molar-refractivity contribution is -0.144. The van der Waals surface area contributed by atoms with Crippen LogP contribution in [-0.2, 0) is 19.1 Å². The molecule has 0 aromatic rings. The van der Waals surface area contributed by atoms with Crippen LogP contribution in [-0.4, -0.2) is 37.0 Å². The zero-order valence-electron chi connectivity index (χ0n) is 14.3. The van der Waals surface area contributed by atoms with Crippen LogP contribution in [0, 0.1) is 10.8 Å². The van der Waals surface area contributed by atoms with Crippen molar-refractivity contribution in [1.29, 1.82) is 0 Å². The predicted octanol–water partition coefficient (Wildman–Crippen LogP) is 3.03. The molecule has 0 N–H and O–H groups in total. The second kappa shape index (κ2) is 6.81. The largest absolute Gasteiger partial charge is 0.371 e. The summed E-state index contributed by atoms with van der Waals surface area (Å²) < 4.78 is 11.0. The third-order valence-electron chi connectivity index (χ3n) is 2.95. The number of carbonyl (C=O) groups is 2. The van der Waals surface area contributed by atoms with E-state index < -0.39 is 16.4 Å². The Balaban J connectivity index is 4.15. The molecule has 0 unspecified atom stereocenters. The number of ether oxygens (including phenoxy) is 2. The Bertz CT molecular complexity index is 342. The number of carbonyl (C=O) groups excluding carboxylic acids is 2. The van der Waals surface area contributed by atoms with E-state index in [-0.39, 0.29) is 31.4 Å². The van der Waals surface area contributed by atoms with Crippen molar-refractivity contribution in [2.24, 2.45) is 10.8 Å². The first-order chi connectivity index (χ1) is 8.76. The van der Waals surface area contributed by atoms with Gasteiger partial charge in [-0.2, -0.15) is 0 Å². The second-order valence-corrected chi connectivity index (χ2v) is 7.89. The maximum absolute atomic E-state index is 11.8. The van der Waals surface area contributed by atoms with Crippen LogP contribution < -0.4 is 0 Å². The normalized spacial score (nSPS) is 13.4. The number of Topliss-reactive ketones (excluding diaryl/α,β-unsaturated/α-hetero) is 2. The Hall–Kier alpha value is -0.740. The fourth-order valence-electron chi connectivity index (χ4n) is 1.13. The number of hydrogen-bond acceptors (Lipinski definition) is 4. The summed E-state index contributed by atoms with van der Waals surface area (Å²) in [5, 5.41) is 0. The summed E-state index contributed by atoms with van der Waals surface area (Å²) >= 11 is 0. The second-order valence-electron chi connectivity index (χ2n) is 7.89. The highest BCUT2D eigenvalue weighted by Gasteiger charge is 2.27. The first-order valence-corrected chi connectivity index (χ1v) is 7.04. The van der Waals surface area contributed by atoms with Gasteiger partial charge in [-0.15, -0.1) is 0 Å². The van der Waals surface area contributed by atoms with Crippen LogP contribution in [0.1, 0.15) is 55.4 Å². The Kier molecular flexibility index (Phi) is 6.56. The molecule has 118 valence electrons. The molecule has 0 atom stereocenters. The van der Waals surface area contributed by atoms with Gasteiger partial charge in [0.05, 0.1) is 12.2 Å². The van der Waals surface area contributed by atoms with Crippen molar-refractivity contribution < 1.29 is 19.1 Å². The number of hydrogen-bond donors (Lipinski definition) is 0. The van der Waals surface area contributed by atoms with Crippen molar-refractivity contribution in [3.63, 3.8) is 0 Å². The van der Waals surface area contributed by atoms with Gasteiger partial charge in [-0.05, 0) is 13.8 Å². The van der Waals surface area contributed by atoms with Crippen LogP contribution in [0.2, 0.25) is 0 Å². The van der Waals surface area contributed by atoms with Gasteiger partial charge in [-0.1, -0.05) is 41.5 Å². The van der Waals surface area contributed by atoms with Gasteiger partial charge in [0.15, 0.2) is 11.6 Å². The van der Waals surface area contributed by atoms with Gasteiger partial charge in [0.25, 0.3) is 0 Å². The summed E-state index contributed by atoms with van der Waals surface area (Å²) in [6.07, 6.45) is 0. The van der Waals surface area contributed by atoms with Gasteiger partial charge in [-0.3, -0.25) is 9.59 Å². The molecule has 0 bridgehead atoms. The maximum atomic E-state index is 11.8. The molecule has 0 amide bonds. The highest BCUT2D eigenvalue weighted by Crippen LogP contribution is 2.18. The molecule has 0 radical (unpaired) electrons. The molecule has 0 aliphatic heterocycles. The first kappa shape index (κ1) is 19.3. The fourth-order valence-corrected chi connectivity index (χ4v) is 1.13. The fraction of sp³-hybridized carbons (Fsp3) is 0.875. The van der Waals surface area contributed by atoms with E-state index in [4.69, 9.17) is 9.47 Å². The summed E-state index contributed by atoms with van der Waals surface area (Å²) in [5.41, 5.74) is -1.38. The Morgan fingerprint density at radius 3 is 1.55 bits per heavy atom. The number of rotatable bonds is 7. The van der Waals surface area contributed by atoms with Crippen molar-refractivity contribution in [2.45, 2.75) is 61.0 Å². The van der Waals surface area contributed by atoms with E-state index >= 15 is 0 Å². The molecule has 0 spiro atoms. The summed E-state index contributed by atoms with van der Waals surface area (Å²) in [4.78, 5) is 23.5. The molecular formula is C16H30O4. The van der Waals surface area contributed by atoms with E-state index in [0.29, 0.717) is 0 Å².